The van der Waals surface area contributed by atoms with Crippen molar-refractivity contribution < 1.29 is 0 Å². The molecule has 0 fully saturated rings. The van der Waals surface area contributed by atoms with E-state index in [-0.39, 0.29) is 0 Å². The Kier molecular flexibility index (Phi) is 3.18. The highest BCUT2D eigenvalue weighted by Gasteiger charge is 2.24. The molecule has 0 atom stereocenters. The minimum atomic E-state index is 0.977. The van der Waals surface area contributed by atoms with Crippen LogP contribution in [0.1, 0.15) is 0 Å². The van der Waals surface area contributed by atoms with Crippen LogP contribution in [0.2, 0.25) is 0 Å². The molecule has 3 aromatic heterocycles. The Labute approximate surface area is 177 Å². The van der Waals surface area contributed by atoms with Crippen molar-refractivity contribution in [3.05, 3.63) is 97.5 Å². The van der Waals surface area contributed by atoms with Crippen LogP contribution in [0.5, 0.6) is 0 Å². The highest BCUT2D eigenvalue weighted by atomic mass is 32.2. The number of fused-ring (bicyclic) bond motifs is 8. The van der Waals surface area contributed by atoms with E-state index >= 15 is 0 Å². The first-order valence-corrected chi connectivity index (χ1v) is 10.7. The molecular formula is C25H16N4S. The predicted octanol–water partition coefficient (Wildman–Crippen LogP) is 6.67. The van der Waals surface area contributed by atoms with Gasteiger partial charge in [-0.1, -0.05) is 36.0 Å². The van der Waals surface area contributed by atoms with Gasteiger partial charge in [0.1, 0.15) is 0 Å². The zero-order valence-corrected chi connectivity index (χ0v) is 16.8. The molecule has 142 valence electrons. The SMILES string of the molecule is c1ccc2c(c1)Sc1ccccc1N2c1ccc2c(c1)n1cccc1c1nccn21. The number of hydrogen-bond acceptors (Lipinski definition) is 3. The summed E-state index contributed by atoms with van der Waals surface area (Å²) in [5, 5.41) is 0. The summed E-state index contributed by atoms with van der Waals surface area (Å²) in [7, 11) is 0. The standard InChI is InChI=1S/C25H16N4S/c1-3-9-23-19(6-1)29(20-7-2-4-10-24(20)30-23)17-11-12-18-22(16-17)27-14-5-8-21(27)25-26-13-15-28(18)25/h1-16H. The molecular weight excluding hydrogens is 388 g/mol. The van der Waals surface area contributed by atoms with Gasteiger partial charge in [0.25, 0.3) is 0 Å². The molecule has 1 aliphatic heterocycles. The molecule has 0 spiro atoms. The van der Waals surface area contributed by atoms with Gasteiger partial charge in [0.2, 0.25) is 0 Å². The average molecular weight is 404 g/mol. The van der Waals surface area contributed by atoms with Crippen molar-refractivity contribution in [1.82, 2.24) is 13.8 Å². The Hall–Kier alpha value is -3.70. The van der Waals surface area contributed by atoms with Crippen LogP contribution in [0.3, 0.4) is 0 Å². The van der Waals surface area contributed by atoms with Crippen molar-refractivity contribution in [2.75, 3.05) is 4.90 Å². The van der Waals surface area contributed by atoms with Gasteiger partial charge in [-0.05, 0) is 54.6 Å². The Morgan fingerprint density at radius 1 is 0.633 bits per heavy atom. The molecule has 1 aliphatic rings. The van der Waals surface area contributed by atoms with Crippen LogP contribution in [0.4, 0.5) is 17.1 Å². The fraction of sp³-hybridized carbons (Fsp3) is 0. The van der Waals surface area contributed by atoms with Crippen molar-refractivity contribution in [2.24, 2.45) is 0 Å². The minimum Gasteiger partial charge on any atom is -0.312 e. The molecule has 6 aromatic rings. The van der Waals surface area contributed by atoms with Crippen molar-refractivity contribution in [3.63, 3.8) is 0 Å². The molecule has 4 nitrogen and oxygen atoms in total. The second kappa shape index (κ2) is 5.90. The van der Waals surface area contributed by atoms with Crippen LogP contribution >= 0.6 is 11.8 Å². The van der Waals surface area contributed by atoms with Crippen LogP contribution < -0.4 is 4.90 Å². The van der Waals surface area contributed by atoms with Crippen molar-refractivity contribution >= 4 is 51.0 Å². The molecule has 0 saturated carbocycles. The molecule has 0 bridgehead atoms. The first kappa shape index (κ1) is 16.1. The summed E-state index contributed by atoms with van der Waals surface area (Å²) in [5.41, 5.74) is 7.97. The Balaban J connectivity index is 1.56. The predicted molar refractivity (Wildman–Crippen MR) is 122 cm³/mol. The largest absolute Gasteiger partial charge is 0.312 e. The molecule has 0 radical (unpaired) electrons. The summed E-state index contributed by atoms with van der Waals surface area (Å²) in [6.45, 7) is 0. The topological polar surface area (TPSA) is 24.9 Å². The highest BCUT2D eigenvalue weighted by Crippen LogP contribution is 2.51. The van der Waals surface area contributed by atoms with Crippen molar-refractivity contribution in [2.45, 2.75) is 9.79 Å². The summed E-state index contributed by atoms with van der Waals surface area (Å²) in [6.07, 6.45) is 6.01. The average Bonchev–Trinajstić information content (AvgIpc) is 3.47. The number of benzene rings is 3. The molecule has 0 saturated heterocycles. The van der Waals surface area contributed by atoms with E-state index in [1.165, 1.54) is 21.2 Å². The maximum Gasteiger partial charge on any atom is 0.161 e. The maximum absolute atomic E-state index is 4.57. The van der Waals surface area contributed by atoms with Crippen molar-refractivity contribution in [3.8, 4) is 0 Å². The van der Waals surface area contributed by atoms with Gasteiger partial charge in [-0.2, -0.15) is 0 Å². The summed E-state index contributed by atoms with van der Waals surface area (Å²) >= 11 is 1.83. The zero-order chi connectivity index (χ0) is 19.7. The van der Waals surface area contributed by atoms with Gasteiger partial charge in [0.15, 0.2) is 5.65 Å². The minimum absolute atomic E-state index is 0.977. The second-order valence-electron chi connectivity index (χ2n) is 7.43. The quantitative estimate of drug-likeness (QED) is 0.305. The van der Waals surface area contributed by atoms with Gasteiger partial charge in [-0.3, -0.25) is 4.40 Å². The molecule has 5 heteroatoms. The number of nitrogens with zero attached hydrogens (tertiary/aromatic N) is 4. The smallest absolute Gasteiger partial charge is 0.161 e. The third kappa shape index (κ3) is 2.10. The van der Waals surface area contributed by atoms with Gasteiger partial charge in [0, 0.05) is 34.1 Å². The molecule has 7 rings (SSSR count). The Morgan fingerprint density at radius 2 is 1.40 bits per heavy atom. The lowest BCUT2D eigenvalue weighted by atomic mass is 10.1. The van der Waals surface area contributed by atoms with Crippen molar-refractivity contribution in [1.29, 1.82) is 0 Å². The van der Waals surface area contributed by atoms with Gasteiger partial charge in [-0.25, -0.2) is 4.98 Å². The summed E-state index contributed by atoms with van der Waals surface area (Å²) in [6, 6.07) is 28.1. The van der Waals surface area contributed by atoms with Crippen LogP contribution in [-0.4, -0.2) is 13.8 Å². The lowest BCUT2D eigenvalue weighted by Gasteiger charge is -2.33. The first-order chi connectivity index (χ1) is 14.9. The molecule has 0 N–H and O–H groups in total. The van der Waals surface area contributed by atoms with Gasteiger partial charge < -0.3 is 9.30 Å². The summed E-state index contributed by atoms with van der Waals surface area (Å²) < 4.78 is 4.40. The Bertz CT molecular complexity index is 1550. The summed E-state index contributed by atoms with van der Waals surface area (Å²) in [5.74, 6) is 0. The first-order valence-electron chi connectivity index (χ1n) is 9.90. The highest BCUT2D eigenvalue weighted by molar-refractivity contribution is 7.99. The molecule has 0 aliphatic carbocycles. The fourth-order valence-electron chi connectivity index (χ4n) is 4.49. The third-order valence-electron chi connectivity index (χ3n) is 5.79. The second-order valence-corrected chi connectivity index (χ2v) is 8.51. The molecule has 30 heavy (non-hydrogen) atoms. The van der Waals surface area contributed by atoms with Crippen LogP contribution in [-0.2, 0) is 0 Å². The molecule has 4 heterocycles. The number of rotatable bonds is 1. The van der Waals surface area contributed by atoms with E-state index in [9.17, 15) is 0 Å². The van der Waals surface area contributed by atoms with E-state index in [0.717, 1.165) is 27.9 Å². The molecule has 0 unspecified atom stereocenters. The molecule has 0 amide bonds. The van der Waals surface area contributed by atoms with E-state index in [4.69, 9.17) is 0 Å². The lowest BCUT2D eigenvalue weighted by Crippen LogP contribution is -2.14. The van der Waals surface area contributed by atoms with Crippen LogP contribution in [0, 0.1) is 0 Å². The van der Waals surface area contributed by atoms with Gasteiger partial charge in [0.05, 0.1) is 27.9 Å². The maximum atomic E-state index is 4.57. The number of para-hydroxylation sites is 2. The van der Waals surface area contributed by atoms with E-state index in [0.29, 0.717) is 0 Å². The zero-order valence-electron chi connectivity index (χ0n) is 15.9. The fourth-order valence-corrected chi connectivity index (χ4v) is 5.55. The van der Waals surface area contributed by atoms with E-state index in [1.54, 1.807) is 0 Å². The van der Waals surface area contributed by atoms with Gasteiger partial charge in [-0.15, -0.1) is 0 Å². The summed E-state index contributed by atoms with van der Waals surface area (Å²) in [4.78, 5) is 9.48. The number of anilines is 3. The van der Waals surface area contributed by atoms with E-state index in [1.807, 2.05) is 24.2 Å². The monoisotopic (exact) mass is 404 g/mol. The van der Waals surface area contributed by atoms with E-state index in [2.05, 4.69) is 104 Å². The van der Waals surface area contributed by atoms with Crippen LogP contribution in [0.15, 0.2) is 107 Å². The van der Waals surface area contributed by atoms with E-state index < -0.39 is 0 Å². The Morgan fingerprint density at radius 3 is 2.20 bits per heavy atom. The molecule has 3 aromatic carbocycles. The lowest BCUT2D eigenvalue weighted by molar-refractivity contribution is 1.15. The number of imidazole rings is 1. The number of hydrogen-bond donors (Lipinski definition) is 0. The third-order valence-corrected chi connectivity index (χ3v) is 6.92. The van der Waals surface area contributed by atoms with Crippen LogP contribution in [0.25, 0.3) is 22.2 Å². The van der Waals surface area contributed by atoms with Gasteiger partial charge >= 0.3 is 0 Å². The normalized spacial score (nSPS) is 13.1. The number of aromatic nitrogens is 3.